The van der Waals surface area contributed by atoms with Crippen LogP contribution >= 0.6 is 0 Å². The van der Waals surface area contributed by atoms with Gasteiger partial charge in [-0.3, -0.25) is 4.40 Å². The number of nitrogens with zero attached hydrogens (tertiary/aromatic N) is 6. The van der Waals surface area contributed by atoms with Gasteiger partial charge in [0.15, 0.2) is 17.5 Å². The van der Waals surface area contributed by atoms with E-state index in [1.54, 1.807) is 0 Å². The number of aromatic nitrogens is 6. The third-order valence-electron chi connectivity index (χ3n) is 8.44. The van der Waals surface area contributed by atoms with Gasteiger partial charge in [-0.05, 0) is 46.5 Å². The first-order valence-corrected chi connectivity index (χ1v) is 15.5. The predicted molar refractivity (Wildman–Crippen MR) is 189 cm³/mol. The number of benzene rings is 6. The summed E-state index contributed by atoms with van der Waals surface area (Å²) in [6.45, 7) is 0. The van der Waals surface area contributed by atoms with E-state index in [0.29, 0.717) is 23.3 Å². The number of para-hydroxylation sites is 2. The Morgan fingerprint density at radius 2 is 0.830 bits per heavy atom. The summed E-state index contributed by atoms with van der Waals surface area (Å²) in [6.07, 6.45) is 0. The van der Waals surface area contributed by atoms with Crippen molar-refractivity contribution in [2.24, 2.45) is 0 Å². The molecule has 0 saturated heterocycles. The zero-order valence-electron chi connectivity index (χ0n) is 25.2. The zero-order chi connectivity index (χ0) is 31.2. The molecule has 220 valence electrons. The summed E-state index contributed by atoms with van der Waals surface area (Å²) in [5, 5.41) is 0.948. The minimum atomic E-state index is 0.473. The largest absolute Gasteiger partial charge is 0.273 e. The standard InChI is InChI=1S/C41H26N6/c1-5-15-27(16-6-1)31-25-33-35(26-32(31)28-17-7-2-8-18-28)43-41(47-36-24-14-13-23-34(36)42-40(33)47)39-45-37(29-19-9-3-10-20-29)44-38(46-39)30-21-11-4-12-22-30/h1-26H. The summed E-state index contributed by atoms with van der Waals surface area (Å²) in [4.78, 5) is 25.6. The third kappa shape index (κ3) is 4.71. The van der Waals surface area contributed by atoms with E-state index >= 15 is 0 Å². The molecule has 0 unspecified atom stereocenters. The molecule has 6 heteroatoms. The Balaban J connectivity index is 1.39. The molecular weight excluding hydrogens is 576 g/mol. The molecule has 9 rings (SSSR count). The predicted octanol–water partition coefficient (Wildman–Crippen LogP) is 9.56. The van der Waals surface area contributed by atoms with Crippen molar-refractivity contribution in [3.8, 4) is 56.7 Å². The van der Waals surface area contributed by atoms with Crippen LogP contribution in [0.1, 0.15) is 0 Å². The highest BCUT2D eigenvalue weighted by molar-refractivity contribution is 6.03. The van der Waals surface area contributed by atoms with Gasteiger partial charge in [0.25, 0.3) is 0 Å². The van der Waals surface area contributed by atoms with E-state index in [0.717, 1.165) is 61.0 Å². The number of imidazole rings is 1. The second-order valence-electron chi connectivity index (χ2n) is 11.4. The number of rotatable bonds is 5. The molecule has 0 radical (unpaired) electrons. The Morgan fingerprint density at radius 3 is 1.40 bits per heavy atom. The Kier molecular flexibility index (Phi) is 6.35. The van der Waals surface area contributed by atoms with Crippen LogP contribution in [-0.4, -0.2) is 29.3 Å². The van der Waals surface area contributed by atoms with Crippen LogP contribution < -0.4 is 0 Å². The van der Waals surface area contributed by atoms with Crippen molar-refractivity contribution in [3.05, 3.63) is 158 Å². The van der Waals surface area contributed by atoms with Gasteiger partial charge >= 0.3 is 0 Å². The van der Waals surface area contributed by atoms with Crippen LogP contribution in [-0.2, 0) is 0 Å². The van der Waals surface area contributed by atoms with Crippen molar-refractivity contribution in [1.29, 1.82) is 0 Å². The smallest absolute Gasteiger partial charge is 0.200 e. The summed E-state index contributed by atoms with van der Waals surface area (Å²) in [6, 6.07) is 53.5. The Morgan fingerprint density at radius 1 is 0.362 bits per heavy atom. The first-order chi connectivity index (χ1) is 23.3. The molecule has 0 fully saturated rings. The molecular formula is C41H26N6. The summed E-state index contributed by atoms with van der Waals surface area (Å²) in [5.41, 5.74) is 9.67. The van der Waals surface area contributed by atoms with Gasteiger partial charge in [0.1, 0.15) is 5.65 Å². The van der Waals surface area contributed by atoms with Crippen molar-refractivity contribution in [2.45, 2.75) is 0 Å². The lowest BCUT2D eigenvalue weighted by Crippen LogP contribution is -2.05. The zero-order valence-corrected chi connectivity index (χ0v) is 25.2. The maximum atomic E-state index is 5.36. The monoisotopic (exact) mass is 602 g/mol. The molecule has 9 aromatic rings. The van der Waals surface area contributed by atoms with Gasteiger partial charge in [-0.15, -0.1) is 0 Å². The third-order valence-corrected chi connectivity index (χ3v) is 8.44. The van der Waals surface area contributed by atoms with Gasteiger partial charge in [-0.25, -0.2) is 24.9 Å². The summed E-state index contributed by atoms with van der Waals surface area (Å²) >= 11 is 0. The van der Waals surface area contributed by atoms with E-state index in [-0.39, 0.29) is 0 Å². The maximum absolute atomic E-state index is 5.36. The average molecular weight is 603 g/mol. The fourth-order valence-corrected chi connectivity index (χ4v) is 6.22. The molecule has 0 aliphatic heterocycles. The summed E-state index contributed by atoms with van der Waals surface area (Å²) < 4.78 is 2.09. The molecule has 47 heavy (non-hydrogen) atoms. The molecule has 0 aliphatic rings. The van der Waals surface area contributed by atoms with Gasteiger partial charge in [0, 0.05) is 16.5 Å². The Bertz CT molecular complexity index is 2490. The number of hydrogen-bond acceptors (Lipinski definition) is 5. The Hall–Kier alpha value is -6.53. The second kappa shape index (κ2) is 11.1. The van der Waals surface area contributed by atoms with Crippen molar-refractivity contribution in [3.63, 3.8) is 0 Å². The van der Waals surface area contributed by atoms with Gasteiger partial charge in [0.05, 0.1) is 16.6 Å². The van der Waals surface area contributed by atoms with Crippen LogP contribution in [0.4, 0.5) is 0 Å². The first kappa shape index (κ1) is 26.8. The van der Waals surface area contributed by atoms with E-state index < -0.39 is 0 Å². The van der Waals surface area contributed by atoms with Crippen molar-refractivity contribution in [1.82, 2.24) is 29.3 Å². The highest BCUT2D eigenvalue weighted by atomic mass is 15.1. The van der Waals surface area contributed by atoms with E-state index in [1.165, 1.54) is 0 Å². The fourth-order valence-electron chi connectivity index (χ4n) is 6.22. The van der Waals surface area contributed by atoms with Crippen molar-refractivity contribution < 1.29 is 0 Å². The van der Waals surface area contributed by atoms with Gasteiger partial charge < -0.3 is 0 Å². The van der Waals surface area contributed by atoms with Crippen molar-refractivity contribution in [2.75, 3.05) is 0 Å². The molecule has 6 aromatic carbocycles. The minimum Gasteiger partial charge on any atom is -0.273 e. The second-order valence-corrected chi connectivity index (χ2v) is 11.4. The van der Waals surface area contributed by atoms with E-state index in [2.05, 4.69) is 71.1 Å². The average Bonchev–Trinajstić information content (AvgIpc) is 3.55. The summed E-state index contributed by atoms with van der Waals surface area (Å²) in [5.74, 6) is 2.24. The van der Waals surface area contributed by atoms with E-state index in [4.69, 9.17) is 24.9 Å². The highest BCUT2D eigenvalue weighted by Gasteiger charge is 2.21. The van der Waals surface area contributed by atoms with Crippen LogP contribution in [0.15, 0.2) is 158 Å². The molecule has 0 N–H and O–H groups in total. The quantitative estimate of drug-likeness (QED) is 0.196. The molecule has 3 aromatic heterocycles. The molecule has 0 saturated carbocycles. The van der Waals surface area contributed by atoms with Crippen LogP contribution in [0.25, 0.3) is 84.3 Å². The van der Waals surface area contributed by atoms with Crippen LogP contribution in [0.2, 0.25) is 0 Å². The Labute approximate surface area is 270 Å². The van der Waals surface area contributed by atoms with Gasteiger partial charge in [-0.2, -0.15) is 0 Å². The summed E-state index contributed by atoms with van der Waals surface area (Å²) in [7, 11) is 0. The minimum absolute atomic E-state index is 0.473. The molecule has 0 atom stereocenters. The van der Waals surface area contributed by atoms with E-state index in [9.17, 15) is 0 Å². The van der Waals surface area contributed by atoms with Crippen LogP contribution in [0.5, 0.6) is 0 Å². The number of fused-ring (bicyclic) bond motifs is 5. The molecule has 6 nitrogen and oxygen atoms in total. The lowest BCUT2D eigenvalue weighted by Gasteiger charge is -2.15. The molecule has 0 amide bonds. The molecule has 0 bridgehead atoms. The topological polar surface area (TPSA) is 68.9 Å². The van der Waals surface area contributed by atoms with Crippen LogP contribution in [0.3, 0.4) is 0 Å². The van der Waals surface area contributed by atoms with E-state index in [1.807, 2.05) is 91.0 Å². The van der Waals surface area contributed by atoms with Gasteiger partial charge in [-0.1, -0.05) is 133 Å². The SMILES string of the molecule is c1ccc(-c2nc(-c3ccccc3)nc(-c3nc4cc(-c5ccccc5)c(-c5ccccc5)cc4c4nc5ccccc5n34)n2)cc1. The highest BCUT2D eigenvalue weighted by Crippen LogP contribution is 2.38. The molecule has 0 spiro atoms. The molecule has 3 heterocycles. The lowest BCUT2D eigenvalue weighted by molar-refractivity contribution is 1.03. The van der Waals surface area contributed by atoms with Crippen molar-refractivity contribution >= 4 is 27.6 Å². The molecule has 0 aliphatic carbocycles. The lowest BCUT2D eigenvalue weighted by atomic mass is 9.93. The first-order valence-electron chi connectivity index (χ1n) is 15.5. The maximum Gasteiger partial charge on any atom is 0.200 e. The van der Waals surface area contributed by atoms with Gasteiger partial charge in [0.2, 0.25) is 5.82 Å². The number of hydrogen-bond donors (Lipinski definition) is 0. The van der Waals surface area contributed by atoms with Crippen LogP contribution in [0, 0.1) is 0 Å². The fraction of sp³-hybridized carbons (Fsp3) is 0. The normalized spacial score (nSPS) is 11.4.